The number of benzene rings is 2. The highest BCUT2D eigenvalue weighted by molar-refractivity contribution is 7.99. The van der Waals surface area contributed by atoms with Crippen LogP contribution in [0.25, 0.3) is 10.9 Å². The Kier molecular flexibility index (Phi) is 8.31. The van der Waals surface area contributed by atoms with Crippen LogP contribution in [0.1, 0.15) is 5.56 Å². The zero-order chi connectivity index (χ0) is 26.3. The molecular formula is C27H31N7O3S. The third kappa shape index (κ3) is 6.03. The van der Waals surface area contributed by atoms with Gasteiger partial charge in [0, 0.05) is 74.5 Å². The molecule has 5 rings (SSSR count). The maximum absolute atomic E-state index is 12.8. The monoisotopic (exact) mass is 533 g/mol. The van der Waals surface area contributed by atoms with Crippen molar-refractivity contribution in [3.05, 3.63) is 48.3 Å². The number of urea groups is 1. The molecule has 198 valence electrons. The summed E-state index contributed by atoms with van der Waals surface area (Å²) < 4.78 is 11.8. The number of nitrogens with one attached hydrogen (secondary N) is 1. The van der Waals surface area contributed by atoms with Crippen LogP contribution in [-0.4, -0.2) is 96.8 Å². The summed E-state index contributed by atoms with van der Waals surface area (Å²) in [5.74, 6) is 4.51. The average molecular weight is 534 g/mol. The number of aromatic nitrogens is 2. The Morgan fingerprint density at radius 1 is 1.05 bits per heavy atom. The Hall–Kier alpha value is -3.75. The van der Waals surface area contributed by atoms with Crippen molar-refractivity contribution in [3.63, 3.8) is 0 Å². The van der Waals surface area contributed by atoms with Crippen molar-refractivity contribution in [2.75, 3.05) is 81.3 Å². The number of methoxy groups -OCH3 is 1. The predicted octanol–water partition coefficient (Wildman–Crippen LogP) is 3.29. The van der Waals surface area contributed by atoms with Crippen molar-refractivity contribution in [1.82, 2.24) is 19.8 Å². The van der Waals surface area contributed by atoms with E-state index in [1.165, 1.54) is 11.5 Å². The van der Waals surface area contributed by atoms with E-state index in [0.29, 0.717) is 55.5 Å². The minimum atomic E-state index is -0.159. The summed E-state index contributed by atoms with van der Waals surface area (Å²) in [6, 6.07) is 12.6. The Morgan fingerprint density at radius 2 is 1.82 bits per heavy atom. The Morgan fingerprint density at radius 3 is 2.53 bits per heavy atom. The highest BCUT2D eigenvalue weighted by atomic mass is 32.2. The van der Waals surface area contributed by atoms with Crippen molar-refractivity contribution in [3.8, 4) is 17.6 Å². The molecule has 2 fully saturated rings. The molecule has 2 aliphatic rings. The quantitative estimate of drug-likeness (QED) is 0.490. The number of thioether (sulfide) groups is 1. The predicted molar refractivity (Wildman–Crippen MR) is 149 cm³/mol. The largest absolute Gasteiger partial charge is 0.493 e. The van der Waals surface area contributed by atoms with Gasteiger partial charge in [0.15, 0.2) is 11.5 Å². The van der Waals surface area contributed by atoms with Crippen molar-refractivity contribution in [2.24, 2.45) is 0 Å². The molecule has 2 aromatic carbocycles. The van der Waals surface area contributed by atoms with E-state index in [1.807, 2.05) is 23.9 Å². The first kappa shape index (κ1) is 25.9. The van der Waals surface area contributed by atoms with E-state index in [-0.39, 0.29) is 6.03 Å². The first-order chi connectivity index (χ1) is 18.6. The van der Waals surface area contributed by atoms with Gasteiger partial charge in [-0.05, 0) is 30.3 Å². The maximum atomic E-state index is 12.8. The van der Waals surface area contributed by atoms with Gasteiger partial charge in [0.2, 0.25) is 0 Å². The zero-order valence-electron chi connectivity index (χ0n) is 21.4. The van der Waals surface area contributed by atoms with Crippen LogP contribution in [0.3, 0.4) is 0 Å². The molecule has 0 bridgehead atoms. The Labute approximate surface area is 226 Å². The van der Waals surface area contributed by atoms with Crippen molar-refractivity contribution < 1.29 is 14.3 Å². The van der Waals surface area contributed by atoms with E-state index in [1.54, 1.807) is 42.6 Å². The summed E-state index contributed by atoms with van der Waals surface area (Å²) in [6.45, 7) is 6.08. The summed E-state index contributed by atoms with van der Waals surface area (Å²) in [5.41, 5.74) is 2.01. The van der Waals surface area contributed by atoms with E-state index in [9.17, 15) is 4.79 Å². The molecule has 0 aliphatic carbocycles. The fraction of sp³-hybridized carbons (Fsp3) is 0.407. The van der Waals surface area contributed by atoms with E-state index in [4.69, 9.17) is 14.7 Å². The third-order valence-electron chi connectivity index (χ3n) is 6.80. The second-order valence-electron chi connectivity index (χ2n) is 9.11. The molecule has 38 heavy (non-hydrogen) atoms. The minimum absolute atomic E-state index is 0.159. The van der Waals surface area contributed by atoms with Gasteiger partial charge >= 0.3 is 6.03 Å². The highest BCUT2D eigenvalue weighted by Crippen LogP contribution is 2.35. The standard InChI is InChI=1S/C27H31N7O3S/c1-36-24-16-22-23(17-25(24)37-13-10-32-11-14-38-15-12-32)29-19-30-26(22)33-6-8-34(9-7-33)27(35)31-21-4-2-20(18-28)3-5-21/h2-5,16-17,19H,6-15H2,1H3,(H,31,35). The molecule has 0 spiro atoms. The van der Waals surface area contributed by atoms with Crippen LogP contribution in [0.2, 0.25) is 0 Å². The molecule has 0 atom stereocenters. The summed E-state index contributed by atoms with van der Waals surface area (Å²) in [5, 5.41) is 12.7. The van der Waals surface area contributed by atoms with Crippen LogP contribution in [0, 0.1) is 11.3 Å². The number of amides is 2. The minimum Gasteiger partial charge on any atom is -0.493 e. The molecule has 11 heteroatoms. The lowest BCUT2D eigenvalue weighted by Crippen LogP contribution is -2.50. The van der Waals surface area contributed by atoms with E-state index in [0.717, 1.165) is 36.4 Å². The van der Waals surface area contributed by atoms with Gasteiger partial charge in [0.05, 0.1) is 24.3 Å². The van der Waals surface area contributed by atoms with Crippen LogP contribution in [0.15, 0.2) is 42.7 Å². The van der Waals surface area contributed by atoms with Gasteiger partial charge in [-0.2, -0.15) is 17.0 Å². The number of rotatable bonds is 7. The van der Waals surface area contributed by atoms with Crippen LogP contribution in [-0.2, 0) is 0 Å². The molecule has 0 unspecified atom stereocenters. The smallest absolute Gasteiger partial charge is 0.321 e. The van der Waals surface area contributed by atoms with E-state index < -0.39 is 0 Å². The topological polar surface area (TPSA) is 107 Å². The Balaban J connectivity index is 1.23. The van der Waals surface area contributed by atoms with Gasteiger partial charge in [0.1, 0.15) is 18.8 Å². The fourth-order valence-corrected chi connectivity index (χ4v) is 5.61. The number of ether oxygens (including phenoxy) is 2. The molecule has 2 aliphatic heterocycles. The van der Waals surface area contributed by atoms with Gasteiger partial charge in [-0.3, -0.25) is 4.90 Å². The van der Waals surface area contributed by atoms with Crippen molar-refractivity contribution in [2.45, 2.75) is 0 Å². The first-order valence-electron chi connectivity index (χ1n) is 12.7. The van der Waals surface area contributed by atoms with Crippen molar-refractivity contribution in [1.29, 1.82) is 5.26 Å². The normalized spacial score (nSPS) is 16.2. The second kappa shape index (κ2) is 12.2. The molecule has 10 nitrogen and oxygen atoms in total. The van der Waals surface area contributed by atoms with Crippen LogP contribution in [0.5, 0.6) is 11.5 Å². The Bertz CT molecular complexity index is 1300. The number of hydrogen-bond donors (Lipinski definition) is 1. The van der Waals surface area contributed by atoms with Gasteiger partial charge in [0.25, 0.3) is 0 Å². The highest BCUT2D eigenvalue weighted by Gasteiger charge is 2.24. The molecule has 0 saturated carbocycles. The van der Waals surface area contributed by atoms with Crippen LogP contribution < -0.4 is 19.7 Å². The molecule has 3 heterocycles. The molecule has 3 aromatic rings. The number of anilines is 2. The van der Waals surface area contributed by atoms with Gasteiger partial charge in [-0.25, -0.2) is 14.8 Å². The summed E-state index contributed by atoms with van der Waals surface area (Å²) >= 11 is 2.00. The zero-order valence-corrected chi connectivity index (χ0v) is 22.2. The number of hydrogen-bond acceptors (Lipinski definition) is 9. The second-order valence-corrected chi connectivity index (χ2v) is 10.3. The molecule has 1 N–H and O–H groups in total. The fourth-order valence-electron chi connectivity index (χ4n) is 4.64. The van der Waals surface area contributed by atoms with Gasteiger partial charge in [-0.1, -0.05) is 0 Å². The summed E-state index contributed by atoms with van der Waals surface area (Å²) in [7, 11) is 1.64. The number of fused-ring (bicyclic) bond motifs is 1. The number of piperazine rings is 1. The van der Waals surface area contributed by atoms with E-state index in [2.05, 4.69) is 31.2 Å². The van der Waals surface area contributed by atoms with Crippen molar-refractivity contribution >= 4 is 40.2 Å². The average Bonchev–Trinajstić information content (AvgIpc) is 2.97. The first-order valence-corrected chi connectivity index (χ1v) is 13.9. The van der Waals surface area contributed by atoms with Crippen LogP contribution in [0.4, 0.5) is 16.3 Å². The molecule has 1 aromatic heterocycles. The maximum Gasteiger partial charge on any atom is 0.321 e. The molecular weight excluding hydrogens is 502 g/mol. The molecule has 2 saturated heterocycles. The summed E-state index contributed by atoms with van der Waals surface area (Å²) in [6.07, 6.45) is 1.57. The number of nitriles is 1. The summed E-state index contributed by atoms with van der Waals surface area (Å²) in [4.78, 5) is 28.2. The lowest BCUT2D eigenvalue weighted by atomic mass is 10.2. The lowest BCUT2D eigenvalue weighted by molar-refractivity contribution is 0.208. The third-order valence-corrected chi connectivity index (χ3v) is 7.74. The number of nitrogens with zero attached hydrogens (tertiary/aromatic N) is 6. The lowest BCUT2D eigenvalue weighted by Gasteiger charge is -2.35. The SMILES string of the molecule is COc1cc2c(N3CCN(C(=O)Nc4ccc(C#N)cc4)CC3)ncnc2cc1OCCN1CCSCC1. The molecule has 2 amide bonds. The molecule has 0 radical (unpaired) electrons. The van der Waals surface area contributed by atoms with Crippen LogP contribution >= 0.6 is 11.8 Å². The number of carbonyl (C=O) groups is 1. The van der Waals surface area contributed by atoms with Gasteiger partial charge < -0.3 is 24.6 Å². The van der Waals surface area contributed by atoms with Gasteiger partial charge in [-0.15, -0.1) is 0 Å². The number of carbonyl (C=O) groups excluding carboxylic acids is 1. The van der Waals surface area contributed by atoms with E-state index >= 15 is 0 Å².